The van der Waals surface area contributed by atoms with E-state index in [-0.39, 0.29) is 17.3 Å². The lowest BCUT2D eigenvalue weighted by molar-refractivity contribution is -0.385. The van der Waals surface area contributed by atoms with Crippen LogP contribution in [0.3, 0.4) is 0 Å². The van der Waals surface area contributed by atoms with E-state index >= 15 is 0 Å². The lowest BCUT2D eigenvalue weighted by Gasteiger charge is -2.34. The largest absolute Gasteiger partial charge is 0.350 e. The molecule has 25 heavy (non-hydrogen) atoms. The highest BCUT2D eigenvalue weighted by atomic mass is 32.1. The Labute approximate surface area is 150 Å². The lowest BCUT2D eigenvalue weighted by Crippen LogP contribution is -2.40. The molecule has 1 unspecified atom stereocenters. The first-order valence-corrected chi connectivity index (χ1v) is 9.39. The van der Waals surface area contributed by atoms with E-state index in [1.165, 1.54) is 37.0 Å². The Bertz CT molecular complexity index is 727. The third-order valence-corrected chi connectivity index (χ3v) is 5.26. The second kappa shape index (κ2) is 8.22. The molecule has 1 aliphatic heterocycles. The maximum absolute atomic E-state index is 12.5. The molecule has 1 fully saturated rings. The summed E-state index contributed by atoms with van der Waals surface area (Å²) in [6, 6.07) is 8.25. The molecule has 1 aromatic heterocycles. The van der Waals surface area contributed by atoms with E-state index in [0.717, 1.165) is 13.1 Å². The minimum Gasteiger partial charge on any atom is -0.350 e. The zero-order chi connectivity index (χ0) is 17.6. The average molecular weight is 359 g/mol. The average Bonchev–Trinajstić information content (AvgIpc) is 3.17. The number of hydrogen-bond donors (Lipinski definition) is 1. The van der Waals surface area contributed by atoms with Gasteiger partial charge in [0, 0.05) is 12.6 Å². The number of rotatable bonds is 6. The molecule has 1 N–H and O–H groups in total. The Morgan fingerprint density at radius 2 is 2.00 bits per heavy atom. The van der Waals surface area contributed by atoms with Gasteiger partial charge in [0.2, 0.25) is 0 Å². The third-order valence-electron chi connectivity index (χ3n) is 4.56. The van der Waals surface area contributed by atoms with E-state index in [0.29, 0.717) is 6.54 Å². The van der Waals surface area contributed by atoms with Crippen molar-refractivity contribution in [3.05, 3.63) is 62.3 Å². The van der Waals surface area contributed by atoms with Crippen LogP contribution in [0.25, 0.3) is 0 Å². The number of para-hydroxylation sites is 1. The van der Waals surface area contributed by atoms with Crippen molar-refractivity contribution in [2.45, 2.75) is 25.3 Å². The number of nitro groups is 1. The maximum Gasteiger partial charge on any atom is 0.282 e. The molecular formula is C18H21N3O3S. The van der Waals surface area contributed by atoms with Gasteiger partial charge in [-0.15, -0.1) is 0 Å². The quantitative estimate of drug-likeness (QED) is 0.631. The predicted molar refractivity (Wildman–Crippen MR) is 97.9 cm³/mol. The molecule has 132 valence electrons. The molecule has 0 radical (unpaired) electrons. The van der Waals surface area contributed by atoms with Crippen molar-refractivity contribution in [2.24, 2.45) is 0 Å². The molecule has 1 saturated heterocycles. The molecule has 1 aliphatic rings. The van der Waals surface area contributed by atoms with Crippen LogP contribution in [0.5, 0.6) is 0 Å². The Hall–Kier alpha value is -2.25. The minimum absolute atomic E-state index is 0.107. The SMILES string of the molecule is O=C(NCC(c1ccsc1)N1CCCCC1)c1ccccc1[N+](=O)[O-]. The molecule has 6 nitrogen and oxygen atoms in total. The van der Waals surface area contributed by atoms with E-state index in [4.69, 9.17) is 0 Å². The number of nitro benzene ring substituents is 1. The van der Waals surface area contributed by atoms with Crippen LogP contribution in [0.1, 0.15) is 41.2 Å². The topological polar surface area (TPSA) is 75.5 Å². The number of benzene rings is 1. The molecule has 3 rings (SSSR count). The van der Waals surface area contributed by atoms with Gasteiger partial charge in [-0.25, -0.2) is 0 Å². The standard InChI is InChI=1S/C18H21N3O3S/c22-18(15-6-2-3-7-16(15)21(23)24)19-12-17(14-8-11-25-13-14)20-9-4-1-5-10-20/h2-3,6-8,11,13,17H,1,4-5,9-10,12H2,(H,19,22). The minimum atomic E-state index is -0.518. The van der Waals surface area contributed by atoms with E-state index in [9.17, 15) is 14.9 Å². The highest BCUT2D eigenvalue weighted by Crippen LogP contribution is 2.26. The summed E-state index contributed by atoms with van der Waals surface area (Å²) in [5.74, 6) is -0.399. The summed E-state index contributed by atoms with van der Waals surface area (Å²) in [6.45, 7) is 2.48. The number of piperidine rings is 1. The normalized spacial score (nSPS) is 16.3. The summed E-state index contributed by atoms with van der Waals surface area (Å²) in [5, 5.41) is 18.2. The van der Waals surface area contributed by atoms with Crippen LogP contribution in [-0.2, 0) is 0 Å². The first-order valence-electron chi connectivity index (χ1n) is 8.44. The highest BCUT2D eigenvalue weighted by molar-refractivity contribution is 7.07. The van der Waals surface area contributed by atoms with Gasteiger partial charge in [-0.1, -0.05) is 18.6 Å². The van der Waals surface area contributed by atoms with Crippen molar-refractivity contribution in [1.82, 2.24) is 10.2 Å². The Morgan fingerprint density at radius 1 is 1.24 bits per heavy atom. The van der Waals surface area contributed by atoms with Gasteiger partial charge in [-0.2, -0.15) is 11.3 Å². The second-order valence-corrected chi connectivity index (χ2v) is 6.93. The van der Waals surface area contributed by atoms with Gasteiger partial charge in [0.1, 0.15) is 5.56 Å². The Balaban J connectivity index is 1.73. The van der Waals surface area contributed by atoms with Crippen molar-refractivity contribution in [3.8, 4) is 0 Å². The van der Waals surface area contributed by atoms with Crippen molar-refractivity contribution in [1.29, 1.82) is 0 Å². The number of nitrogens with zero attached hydrogens (tertiary/aromatic N) is 2. The fraction of sp³-hybridized carbons (Fsp3) is 0.389. The van der Waals surface area contributed by atoms with Gasteiger partial charge < -0.3 is 5.32 Å². The Kier molecular flexibility index (Phi) is 5.78. The van der Waals surface area contributed by atoms with Crippen LogP contribution in [0.2, 0.25) is 0 Å². The van der Waals surface area contributed by atoms with Crippen LogP contribution in [0.4, 0.5) is 5.69 Å². The van der Waals surface area contributed by atoms with Gasteiger partial charge >= 0.3 is 0 Å². The summed E-state index contributed by atoms with van der Waals surface area (Å²) in [7, 11) is 0. The fourth-order valence-electron chi connectivity index (χ4n) is 3.26. The molecule has 0 aliphatic carbocycles. The molecule has 2 aromatic rings. The maximum atomic E-state index is 12.5. The number of thiophene rings is 1. The lowest BCUT2D eigenvalue weighted by atomic mass is 10.0. The van der Waals surface area contributed by atoms with Gasteiger partial charge in [-0.3, -0.25) is 19.8 Å². The summed E-state index contributed by atoms with van der Waals surface area (Å²) in [5.41, 5.74) is 1.13. The van der Waals surface area contributed by atoms with Gasteiger partial charge in [0.15, 0.2) is 0 Å². The summed E-state index contributed by atoms with van der Waals surface area (Å²) < 4.78 is 0. The van der Waals surface area contributed by atoms with E-state index in [1.807, 2.05) is 5.38 Å². The van der Waals surface area contributed by atoms with E-state index in [2.05, 4.69) is 21.7 Å². The summed E-state index contributed by atoms with van der Waals surface area (Å²) in [4.78, 5) is 25.5. The third kappa shape index (κ3) is 4.24. The molecule has 1 aromatic carbocycles. The first kappa shape index (κ1) is 17.6. The van der Waals surface area contributed by atoms with Gasteiger partial charge in [0.25, 0.3) is 11.6 Å². The second-order valence-electron chi connectivity index (χ2n) is 6.15. The molecular weight excluding hydrogens is 338 g/mol. The van der Waals surface area contributed by atoms with Crippen molar-refractivity contribution >= 4 is 22.9 Å². The van der Waals surface area contributed by atoms with E-state index < -0.39 is 10.8 Å². The van der Waals surface area contributed by atoms with Crippen molar-refractivity contribution < 1.29 is 9.72 Å². The van der Waals surface area contributed by atoms with Crippen LogP contribution in [0.15, 0.2) is 41.1 Å². The smallest absolute Gasteiger partial charge is 0.282 e. The van der Waals surface area contributed by atoms with Crippen LogP contribution < -0.4 is 5.32 Å². The van der Waals surface area contributed by atoms with Crippen LogP contribution in [-0.4, -0.2) is 35.4 Å². The number of amides is 1. The number of carbonyl (C=O) groups is 1. The van der Waals surface area contributed by atoms with Crippen molar-refractivity contribution in [3.63, 3.8) is 0 Å². The van der Waals surface area contributed by atoms with Crippen molar-refractivity contribution in [2.75, 3.05) is 19.6 Å². The first-order chi connectivity index (χ1) is 12.2. The Morgan fingerprint density at radius 3 is 2.68 bits per heavy atom. The zero-order valence-corrected chi connectivity index (χ0v) is 14.7. The highest BCUT2D eigenvalue weighted by Gasteiger charge is 2.25. The van der Waals surface area contributed by atoms with Crippen LogP contribution in [0, 0.1) is 10.1 Å². The molecule has 1 atom stereocenters. The molecule has 0 saturated carbocycles. The van der Waals surface area contributed by atoms with E-state index in [1.54, 1.807) is 23.5 Å². The van der Waals surface area contributed by atoms with Crippen LogP contribution >= 0.6 is 11.3 Å². The van der Waals surface area contributed by atoms with Gasteiger partial charge in [-0.05, 0) is 54.4 Å². The van der Waals surface area contributed by atoms with Gasteiger partial charge in [0.05, 0.1) is 11.0 Å². The molecule has 1 amide bonds. The molecule has 0 bridgehead atoms. The fourth-order valence-corrected chi connectivity index (χ4v) is 3.97. The molecule has 0 spiro atoms. The number of nitrogens with one attached hydrogen (secondary N) is 1. The monoisotopic (exact) mass is 359 g/mol. The number of carbonyl (C=O) groups excluding carboxylic acids is 1. The zero-order valence-electron chi connectivity index (χ0n) is 13.9. The molecule has 2 heterocycles. The predicted octanol–water partition coefficient (Wildman–Crippen LogP) is 3.61. The number of likely N-dealkylation sites (tertiary alicyclic amines) is 1. The molecule has 7 heteroatoms. The number of hydrogen-bond acceptors (Lipinski definition) is 5. The summed E-state index contributed by atoms with van der Waals surface area (Å²) in [6.07, 6.45) is 3.58. The summed E-state index contributed by atoms with van der Waals surface area (Å²) >= 11 is 1.64.